The van der Waals surface area contributed by atoms with Gasteiger partial charge in [0.05, 0.1) is 0 Å². The fraction of sp³-hybridized carbons (Fsp3) is 0.667. The van der Waals surface area contributed by atoms with Crippen molar-refractivity contribution in [3.8, 4) is 0 Å². The highest BCUT2D eigenvalue weighted by molar-refractivity contribution is 6.30. The van der Waals surface area contributed by atoms with Gasteiger partial charge < -0.3 is 15.4 Å². The number of alkyl carbamates (subject to hydrolysis) is 1. The van der Waals surface area contributed by atoms with Gasteiger partial charge in [-0.05, 0) is 40.0 Å². The van der Waals surface area contributed by atoms with Crippen LogP contribution in [0.15, 0.2) is 6.20 Å². The Hall–Kier alpha value is -1.77. The van der Waals surface area contributed by atoms with E-state index in [-0.39, 0.29) is 18.0 Å². The Morgan fingerprint density at radius 3 is 2.48 bits per heavy atom. The lowest BCUT2D eigenvalue weighted by atomic mass is 10.2. The van der Waals surface area contributed by atoms with Gasteiger partial charge in [0.15, 0.2) is 0 Å². The van der Waals surface area contributed by atoms with Crippen LogP contribution in [0.4, 0.5) is 23.9 Å². The molecule has 10 heteroatoms. The SMILES string of the molecule is CC(C)(C)OC(=O)N[C@H]1CC[C@H](Nc2ncc(C(F)(F)F)c(Cl)n2)C1. The van der Waals surface area contributed by atoms with Crippen LogP contribution in [0.25, 0.3) is 0 Å². The van der Waals surface area contributed by atoms with Crippen molar-refractivity contribution < 1.29 is 22.7 Å². The van der Waals surface area contributed by atoms with Gasteiger partial charge >= 0.3 is 12.3 Å². The molecule has 0 bridgehead atoms. The lowest BCUT2D eigenvalue weighted by Gasteiger charge is -2.21. The second kappa shape index (κ2) is 7.23. The molecular formula is C15H20ClF3N4O2. The Morgan fingerprint density at radius 2 is 1.92 bits per heavy atom. The van der Waals surface area contributed by atoms with Gasteiger partial charge in [0.2, 0.25) is 5.95 Å². The number of nitrogens with one attached hydrogen (secondary N) is 2. The van der Waals surface area contributed by atoms with Crippen LogP contribution in [0, 0.1) is 0 Å². The number of alkyl halides is 3. The minimum atomic E-state index is -4.59. The third-order valence-corrected chi connectivity index (χ3v) is 3.82. The van der Waals surface area contributed by atoms with E-state index in [1.807, 2.05) is 0 Å². The number of carbonyl (C=O) groups is 1. The molecule has 1 aliphatic rings. The maximum atomic E-state index is 12.6. The third-order valence-electron chi connectivity index (χ3n) is 3.53. The number of hydrogen-bond acceptors (Lipinski definition) is 5. The van der Waals surface area contributed by atoms with Gasteiger partial charge in [-0.1, -0.05) is 11.6 Å². The van der Waals surface area contributed by atoms with Gasteiger partial charge in [-0.2, -0.15) is 13.2 Å². The minimum absolute atomic E-state index is 0.0286. The van der Waals surface area contributed by atoms with E-state index in [0.717, 1.165) is 0 Å². The molecule has 0 radical (unpaired) electrons. The summed E-state index contributed by atoms with van der Waals surface area (Å²) in [6, 6.07) is -0.162. The summed E-state index contributed by atoms with van der Waals surface area (Å²) in [5, 5.41) is 5.07. The van der Waals surface area contributed by atoms with Crippen LogP contribution in [0.2, 0.25) is 5.15 Å². The second-order valence-corrected chi connectivity index (χ2v) is 7.25. The molecule has 1 amide bonds. The van der Waals surface area contributed by atoms with Gasteiger partial charge in [-0.15, -0.1) is 0 Å². The van der Waals surface area contributed by atoms with Crippen LogP contribution < -0.4 is 10.6 Å². The van der Waals surface area contributed by atoms with E-state index in [2.05, 4.69) is 20.6 Å². The highest BCUT2D eigenvalue weighted by Gasteiger charge is 2.35. The average molecular weight is 381 g/mol. The first kappa shape index (κ1) is 19.6. The first-order chi connectivity index (χ1) is 11.4. The fourth-order valence-corrected chi connectivity index (χ4v) is 2.76. The predicted molar refractivity (Wildman–Crippen MR) is 86.5 cm³/mol. The van der Waals surface area contributed by atoms with E-state index < -0.39 is 28.6 Å². The molecule has 1 saturated carbocycles. The highest BCUT2D eigenvalue weighted by Crippen LogP contribution is 2.33. The van der Waals surface area contributed by atoms with Crippen LogP contribution in [0.5, 0.6) is 0 Å². The zero-order valence-corrected chi connectivity index (χ0v) is 14.8. The first-order valence-corrected chi connectivity index (χ1v) is 8.17. The number of halogens is 4. The molecule has 0 spiro atoms. The number of aromatic nitrogens is 2. The van der Waals surface area contributed by atoms with E-state index >= 15 is 0 Å². The number of ether oxygens (including phenoxy) is 1. The molecular weight excluding hydrogens is 361 g/mol. The summed E-state index contributed by atoms with van der Waals surface area (Å²) >= 11 is 5.57. The van der Waals surface area contributed by atoms with E-state index in [0.29, 0.717) is 25.5 Å². The molecule has 140 valence electrons. The topological polar surface area (TPSA) is 76.1 Å². The molecule has 0 unspecified atom stereocenters. The number of carbonyl (C=O) groups excluding carboxylic acids is 1. The van der Waals surface area contributed by atoms with Crippen LogP contribution in [-0.4, -0.2) is 33.7 Å². The van der Waals surface area contributed by atoms with Crippen molar-refractivity contribution in [1.29, 1.82) is 0 Å². The molecule has 6 nitrogen and oxygen atoms in total. The lowest BCUT2D eigenvalue weighted by molar-refractivity contribution is -0.137. The van der Waals surface area contributed by atoms with Crippen molar-refractivity contribution in [3.05, 3.63) is 16.9 Å². The second-order valence-electron chi connectivity index (χ2n) is 6.89. The first-order valence-electron chi connectivity index (χ1n) is 7.80. The lowest BCUT2D eigenvalue weighted by Crippen LogP contribution is -2.38. The molecule has 0 saturated heterocycles. The Balaban J connectivity index is 1.89. The van der Waals surface area contributed by atoms with Crippen molar-refractivity contribution in [1.82, 2.24) is 15.3 Å². The van der Waals surface area contributed by atoms with Gasteiger partial charge in [-0.25, -0.2) is 14.8 Å². The van der Waals surface area contributed by atoms with Gasteiger partial charge in [0.1, 0.15) is 16.3 Å². The van der Waals surface area contributed by atoms with E-state index in [9.17, 15) is 18.0 Å². The van der Waals surface area contributed by atoms with Gasteiger partial charge in [0.25, 0.3) is 0 Å². The fourth-order valence-electron chi connectivity index (χ4n) is 2.52. The highest BCUT2D eigenvalue weighted by atomic mass is 35.5. The maximum absolute atomic E-state index is 12.6. The molecule has 2 atom stereocenters. The molecule has 2 N–H and O–H groups in total. The summed E-state index contributed by atoms with van der Waals surface area (Å²) in [6.07, 6.45) is -2.42. The molecule has 1 aliphatic carbocycles. The number of anilines is 1. The maximum Gasteiger partial charge on any atom is 0.420 e. The molecule has 0 aromatic carbocycles. The van der Waals surface area contributed by atoms with Gasteiger partial charge in [-0.3, -0.25) is 0 Å². The quantitative estimate of drug-likeness (QED) is 0.775. The monoisotopic (exact) mass is 380 g/mol. The Kier molecular flexibility index (Phi) is 5.65. The smallest absolute Gasteiger partial charge is 0.420 e. The van der Waals surface area contributed by atoms with Crippen LogP contribution in [0.3, 0.4) is 0 Å². The molecule has 1 heterocycles. The summed E-state index contributed by atoms with van der Waals surface area (Å²) in [5.74, 6) is 0.0286. The van der Waals surface area contributed by atoms with Gasteiger partial charge in [0, 0.05) is 18.3 Å². The van der Waals surface area contributed by atoms with Crippen LogP contribution >= 0.6 is 11.6 Å². The zero-order valence-electron chi connectivity index (χ0n) is 14.1. The normalized spacial score (nSPS) is 21.1. The van der Waals surface area contributed by atoms with Crippen LogP contribution in [0.1, 0.15) is 45.6 Å². The molecule has 25 heavy (non-hydrogen) atoms. The average Bonchev–Trinajstić information content (AvgIpc) is 2.81. The van der Waals surface area contributed by atoms with E-state index in [1.54, 1.807) is 20.8 Å². The van der Waals surface area contributed by atoms with E-state index in [4.69, 9.17) is 16.3 Å². The summed E-state index contributed by atoms with van der Waals surface area (Å²) in [4.78, 5) is 19.1. The summed E-state index contributed by atoms with van der Waals surface area (Å²) in [7, 11) is 0. The molecule has 1 aromatic rings. The number of amides is 1. The summed E-state index contributed by atoms with van der Waals surface area (Å²) in [5.41, 5.74) is -1.65. The third kappa shape index (κ3) is 5.91. The number of nitrogens with zero attached hydrogens (tertiary/aromatic N) is 2. The zero-order chi connectivity index (χ0) is 18.8. The Morgan fingerprint density at radius 1 is 1.28 bits per heavy atom. The van der Waals surface area contributed by atoms with Crippen molar-refractivity contribution >= 4 is 23.6 Å². The van der Waals surface area contributed by atoms with E-state index in [1.165, 1.54) is 0 Å². The number of rotatable bonds is 3. The van der Waals surface area contributed by atoms with Crippen molar-refractivity contribution in [3.63, 3.8) is 0 Å². The van der Waals surface area contributed by atoms with Crippen molar-refractivity contribution in [2.24, 2.45) is 0 Å². The Bertz CT molecular complexity index is 634. The number of hydrogen-bond donors (Lipinski definition) is 2. The molecule has 0 aliphatic heterocycles. The largest absolute Gasteiger partial charge is 0.444 e. The Labute approximate surface area is 148 Å². The van der Waals surface area contributed by atoms with Crippen LogP contribution in [-0.2, 0) is 10.9 Å². The standard InChI is InChI=1S/C15H20ClF3N4O2/c1-14(2,3)25-13(24)22-9-5-4-8(6-9)21-12-20-7-10(11(16)23-12)15(17,18)19/h7-9H,4-6H2,1-3H3,(H,22,24)(H,20,21,23)/t8-,9-/m0/s1. The molecule has 1 aromatic heterocycles. The minimum Gasteiger partial charge on any atom is -0.444 e. The summed E-state index contributed by atoms with van der Waals surface area (Å²) < 4.78 is 43.1. The predicted octanol–water partition coefficient (Wildman–Crippen LogP) is 4.01. The molecule has 2 rings (SSSR count). The molecule has 1 fully saturated rings. The summed E-state index contributed by atoms with van der Waals surface area (Å²) in [6.45, 7) is 5.33. The van der Waals surface area contributed by atoms with Crippen molar-refractivity contribution in [2.75, 3.05) is 5.32 Å². The van der Waals surface area contributed by atoms with Crippen molar-refractivity contribution in [2.45, 2.75) is 63.9 Å².